The van der Waals surface area contributed by atoms with Crippen LogP contribution in [0.3, 0.4) is 0 Å². The van der Waals surface area contributed by atoms with Crippen LogP contribution in [0.5, 0.6) is 5.75 Å². The second-order valence-corrected chi connectivity index (χ2v) is 7.33. The fourth-order valence-electron chi connectivity index (χ4n) is 3.52. The summed E-state index contributed by atoms with van der Waals surface area (Å²) in [6.45, 7) is 5.29. The van der Waals surface area contributed by atoms with Crippen molar-refractivity contribution in [2.45, 2.75) is 6.92 Å². The quantitative estimate of drug-likeness (QED) is 0.667. The van der Waals surface area contributed by atoms with E-state index >= 15 is 0 Å². The maximum absolute atomic E-state index is 12.3. The van der Waals surface area contributed by atoms with Gasteiger partial charge in [-0.05, 0) is 43.8 Å². The van der Waals surface area contributed by atoms with Gasteiger partial charge < -0.3 is 19.1 Å². The minimum atomic E-state index is 0.0284. The predicted octanol–water partition coefficient (Wildman–Crippen LogP) is 3.47. The van der Waals surface area contributed by atoms with E-state index in [0.29, 0.717) is 5.75 Å². The summed E-state index contributed by atoms with van der Waals surface area (Å²) in [5.41, 5.74) is 3.80. The topological polar surface area (TPSA) is 58.8 Å². The molecular formula is C23H25N3O3. The molecule has 0 saturated carbocycles. The number of aryl methyl sites for hydroxylation is 1. The lowest BCUT2D eigenvalue weighted by Crippen LogP contribution is -2.48. The van der Waals surface area contributed by atoms with Crippen LogP contribution in [0.15, 0.2) is 59.1 Å². The molecule has 1 aliphatic rings. The van der Waals surface area contributed by atoms with Crippen molar-refractivity contribution in [3.8, 4) is 28.1 Å². The zero-order valence-corrected chi connectivity index (χ0v) is 16.8. The van der Waals surface area contributed by atoms with Gasteiger partial charge in [-0.2, -0.15) is 0 Å². The molecule has 0 bridgehead atoms. The lowest BCUT2D eigenvalue weighted by atomic mass is 9.99. The van der Waals surface area contributed by atoms with E-state index in [4.69, 9.17) is 9.26 Å². The van der Waals surface area contributed by atoms with Gasteiger partial charge in [0.15, 0.2) is 6.61 Å². The summed E-state index contributed by atoms with van der Waals surface area (Å²) in [5.74, 6) is 1.47. The summed E-state index contributed by atoms with van der Waals surface area (Å²) in [6.07, 6.45) is 0. The van der Waals surface area contributed by atoms with E-state index in [1.807, 2.05) is 66.4 Å². The Kier molecular flexibility index (Phi) is 5.62. The Bertz CT molecular complexity index is 959. The maximum atomic E-state index is 12.3. The van der Waals surface area contributed by atoms with Gasteiger partial charge in [-0.1, -0.05) is 35.5 Å². The summed E-state index contributed by atoms with van der Waals surface area (Å²) in [5, 5.41) is 4.25. The van der Waals surface area contributed by atoms with Crippen LogP contribution in [0.2, 0.25) is 0 Å². The molecule has 150 valence electrons. The molecule has 2 aromatic carbocycles. The van der Waals surface area contributed by atoms with Crippen LogP contribution < -0.4 is 4.74 Å². The van der Waals surface area contributed by atoms with Crippen molar-refractivity contribution < 1.29 is 14.1 Å². The normalized spacial score (nSPS) is 14.8. The third-order valence-corrected chi connectivity index (χ3v) is 5.27. The van der Waals surface area contributed by atoms with Gasteiger partial charge in [0.1, 0.15) is 17.2 Å². The molecule has 0 aliphatic carbocycles. The standard InChI is InChI=1S/C23H25N3O3/c1-17-22(18-6-4-3-5-7-18)23(24-29-17)19-8-10-20(11-9-19)28-16-21(27)26-14-12-25(2)13-15-26/h3-11H,12-16H2,1-2H3. The molecule has 1 saturated heterocycles. The minimum Gasteiger partial charge on any atom is -0.484 e. The van der Waals surface area contributed by atoms with Gasteiger partial charge in [0.2, 0.25) is 0 Å². The van der Waals surface area contributed by atoms with Crippen molar-refractivity contribution in [1.82, 2.24) is 15.0 Å². The van der Waals surface area contributed by atoms with Gasteiger partial charge >= 0.3 is 0 Å². The molecule has 6 heteroatoms. The van der Waals surface area contributed by atoms with E-state index in [9.17, 15) is 4.79 Å². The maximum Gasteiger partial charge on any atom is 0.260 e. The number of nitrogens with zero attached hydrogens (tertiary/aromatic N) is 3. The molecule has 4 rings (SSSR count). The summed E-state index contributed by atoms with van der Waals surface area (Å²) in [4.78, 5) is 16.4. The van der Waals surface area contributed by atoms with E-state index in [1.165, 1.54) is 0 Å². The Morgan fingerprint density at radius 2 is 1.69 bits per heavy atom. The van der Waals surface area contributed by atoms with Crippen molar-refractivity contribution in [3.05, 3.63) is 60.4 Å². The molecule has 0 atom stereocenters. The Morgan fingerprint density at radius 1 is 1.00 bits per heavy atom. The number of rotatable bonds is 5. The highest BCUT2D eigenvalue weighted by molar-refractivity contribution is 5.82. The fraction of sp³-hybridized carbons (Fsp3) is 0.304. The second kappa shape index (κ2) is 8.49. The van der Waals surface area contributed by atoms with Crippen LogP contribution in [-0.2, 0) is 4.79 Å². The highest BCUT2D eigenvalue weighted by atomic mass is 16.5. The third kappa shape index (κ3) is 4.32. The molecule has 1 fully saturated rings. The van der Waals surface area contributed by atoms with Gasteiger partial charge in [-0.15, -0.1) is 0 Å². The molecule has 6 nitrogen and oxygen atoms in total. The summed E-state index contributed by atoms with van der Waals surface area (Å²) in [7, 11) is 2.07. The van der Waals surface area contributed by atoms with Crippen molar-refractivity contribution in [2.75, 3.05) is 39.8 Å². The minimum absolute atomic E-state index is 0.0284. The average molecular weight is 391 g/mol. The van der Waals surface area contributed by atoms with Crippen molar-refractivity contribution in [2.24, 2.45) is 0 Å². The van der Waals surface area contributed by atoms with E-state index in [1.54, 1.807) is 0 Å². The first-order chi connectivity index (χ1) is 14.1. The smallest absolute Gasteiger partial charge is 0.260 e. The first-order valence-corrected chi connectivity index (χ1v) is 9.83. The van der Waals surface area contributed by atoms with Gasteiger partial charge in [-0.25, -0.2) is 0 Å². The predicted molar refractivity (Wildman–Crippen MR) is 112 cm³/mol. The van der Waals surface area contributed by atoms with E-state index < -0.39 is 0 Å². The Hall–Kier alpha value is -3.12. The lowest BCUT2D eigenvalue weighted by molar-refractivity contribution is -0.134. The molecule has 0 radical (unpaired) electrons. The fourth-order valence-corrected chi connectivity index (χ4v) is 3.52. The van der Waals surface area contributed by atoms with Crippen LogP contribution in [0.25, 0.3) is 22.4 Å². The van der Waals surface area contributed by atoms with Crippen LogP contribution in [0.1, 0.15) is 5.76 Å². The number of piperazine rings is 1. The number of hydrogen-bond donors (Lipinski definition) is 0. The van der Waals surface area contributed by atoms with Gasteiger partial charge in [0.25, 0.3) is 5.91 Å². The molecule has 1 aromatic heterocycles. The molecule has 1 aliphatic heterocycles. The molecule has 0 N–H and O–H groups in total. The van der Waals surface area contributed by atoms with Crippen molar-refractivity contribution in [3.63, 3.8) is 0 Å². The number of amides is 1. The number of aromatic nitrogens is 1. The largest absolute Gasteiger partial charge is 0.484 e. The number of benzene rings is 2. The number of carbonyl (C=O) groups is 1. The highest BCUT2D eigenvalue weighted by Gasteiger charge is 2.20. The number of likely N-dealkylation sites (N-methyl/N-ethyl adjacent to an activating group) is 1. The van der Waals surface area contributed by atoms with Crippen LogP contribution >= 0.6 is 0 Å². The molecule has 2 heterocycles. The van der Waals surface area contributed by atoms with Crippen LogP contribution in [0, 0.1) is 6.92 Å². The molecule has 1 amide bonds. The van der Waals surface area contributed by atoms with E-state index in [2.05, 4.69) is 17.1 Å². The highest BCUT2D eigenvalue weighted by Crippen LogP contribution is 2.34. The van der Waals surface area contributed by atoms with Crippen molar-refractivity contribution >= 4 is 5.91 Å². The molecule has 29 heavy (non-hydrogen) atoms. The number of hydrogen-bond acceptors (Lipinski definition) is 5. The zero-order chi connectivity index (χ0) is 20.2. The van der Waals surface area contributed by atoms with Gasteiger partial charge in [-0.3, -0.25) is 4.79 Å². The summed E-state index contributed by atoms with van der Waals surface area (Å²) >= 11 is 0. The molecule has 3 aromatic rings. The molecular weight excluding hydrogens is 366 g/mol. The summed E-state index contributed by atoms with van der Waals surface area (Å²) < 4.78 is 11.2. The molecule has 0 spiro atoms. The van der Waals surface area contributed by atoms with Gasteiger partial charge in [0.05, 0.1) is 5.56 Å². The van der Waals surface area contributed by atoms with E-state index in [-0.39, 0.29) is 12.5 Å². The first-order valence-electron chi connectivity index (χ1n) is 9.83. The zero-order valence-electron chi connectivity index (χ0n) is 16.8. The van der Waals surface area contributed by atoms with Crippen LogP contribution in [-0.4, -0.2) is 60.7 Å². The SMILES string of the molecule is Cc1onc(-c2ccc(OCC(=O)N3CCN(C)CC3)cc2)c1-c1ccccc1. The number of carbonyl (C=O) groups excluding carboxylic acids is 1. The summed E-state index contributed by atoms with van der Waals surface area (Å²) in [6, 6.07) is 17.7. The Balaban J connectivity index is 1.43. The first kappa shape index (κ1) is 19.2. The van der Waals surface area contributed by atoms with Crippen molar-refractivity contribution in [1.29, 1.82) is 0 Å². The Labute approximate surface area is 170 Å². The van der Waals surface area contributed by atoms with E-state index in [0.717, 1.165) is 54.3 Å². The molecule has 0 unspecified atom stereocenters. The second-order valence-electron chi connectivity index (χ2n) is 7.33. The Morgan fingerprint density at radius 3 is 2.38 bits per heavy atom. The number of ether oxygens (including phenoxy) is 1. The third-order valence-electron chi connectivity index (χ3n) is 5.27. The van der Waals surface area contributed by atoms with Crippen LogP contribution in [0.4, 0.5) is 0 Å². The monoisotopic (exact) mass is 391 g/mol. The van der Waals surface area contributed by atoms with Gasteiger partial charge in [0, 0.05) is 31.7 Å². The average Bonchev–Trinajstić information content (AvgIpc) is 3.15. The lowest BCUT2D eigenvalue weighted by Gasteiger charge is -2.32.